The van der Waals surface area contributed by atoms with Gasteiger partial charge in [0, 0.05) is 31.3 Å². The molecule has 5 rings (SSSR count). The van der Waals surface area contributed by atoms with E-state index in [1.165, 1.54) is 29.4 Å². The number of benzene rings is 1. The Kier molecular flexibility index (Phi) is 8.44. The van der Waals surface area contributed by atoms with Crippen LogP contribution in [0.5, 0.6) is 5.88 Å². The van der Waals surface area contributed by atoms with Crippen molar-refractivity contribution in [3.8, 4) is 17.1 Å². The van der Waals surface area contributed by atoms with Gasteiger partial charge in [-0.1, -0.05) is 23.7 Å². The summed E-state index contributed by atoms with van der Waals surface area (Å²) >= 11 is 6.57. The lowest BCUT2D eigenvalue weighted by Crippen LogP contribution is -2.36. The van der Waals surface area contributed by atoms with Crippen LogP contribution in [0.25, 0.3) is 11.3 Å². The molecule has 224 valence electrons. The fourth-order valence-electron chi connectivity index (χ4n) is 4.81. The van der Waals surface area contributed by atoms with Gasteiger partial charge in [-0.3, -0.25) is 10.2 Å². The smallest absolute Gasteiger partial charge is 0.416 e. The number of anilines is 3. The van der Waals surface area contributed by atoms with E-state index in [1.807, 2.05) is 25.7 Å². The van der Waals surface area contributed by atoms with Gasteiger partial charge in [-0.2, -0.15) is 13.2 Å². The molecule has 42 heavy (non-hydrogen) atoms. The third-order valence-electron chi connectivity index (χ3n) is 6.79. The summed E-state index contributed by atoms with van der Waals surface area (Å²) in [6.07, 6.45) is -2.92. The zero-order valence-corrected chi connectivity index (χ0v) is 24.0. The minimum Gasteiger partial charge on any atom is -0.475 e. The van der Waals surface area contributed by atoms with Crippen molar-refractivity contribution in [2.24, 2.45) is 0 Å². The monoisotopic (exact) mass is 606 g/mol. The van der Waals surface area contributed by atoms with Crippen LogP contribution in [0.1, 0.15) is 32.8 Å². The Morgan fingerprint density at radius 2 is 2.02 bits per heavy atom. The zero-order chi connectivity index (χ0) is 30.1. The molecule has 2 aliphatic heterocycles. The Balaban J connectivity index is 1.40. The summed E-state index contributed by atoms with van der Waals surface area (Å²) in [6, 6.07) is 7.37. The largest absolute Gasteiger partial charge is 0.475 e. The molecule has 3 aromatic rings. The maximum Gasteiger partial charge on any atom is 0.416 e. The number of nitrogens with zero attached hydrogens (tertiary/aromatic N) is 5. The first-order valence-electron chi connectivity index (χ1n) is 13.4. The molecule has 1 aromatic carbocycles. The first-order chi connectivity index (χ1) is 19.9. The molecule has 10 nitrogen and oxygen atoms in total. The highest BCUT2D eigenvalue weighted by Crippen LogP contribution is 2.40. The number of ether oxygens (including phenoxy) is 3. The van der Waals surface area contributed by atoms with Crippen LogP contribution in [-0.2, 0) is 15.7 Å². The Labute approximate surface area is 245 Å². The summed E-state index contributed by atoms with van der Waals surface area (Å²) in [5, 5.41) is 2.93. The lowest BCUT2D eigenvalue weighted by Gasteiger charge is -2.26. The summed E-state index contributed by atoms with van der Waals surface area (Å²) in [4.78, 5) is 29.9. The second kappa shape index (κ2) is 11.9. The minimum atomic E-state index is -4.53. The fourth-order valence-corrected chi connectivity index (χ4v) is 5.06. The van der Waals surface area contributed by atoms with Gasteiger partial charge in [-0.25, -0.2) is 19.7 Å². The lowest BCUT2D eigenvalue weighted by atomic mass is 10.1. The van der Waals surface area contributed by atoms with Gasteiger partial charge in [0.1, 0.15) is 24.9 Å². The molecule has 0 unspecified atom stereocenters. The first-order valence-corrected chi connectivity index (χ1v) is 13.8. The Morgan fingerprint density at radius 3 is 2.74 bits per heavy atom. The van der Waals surface area contributed by atoms with Crippen molar-refractivity contribution in [2.45, 2.75) is 45.3 Å². The number of carbonyl (C=O) groups excluding carboxylic acids is 1. The summed E-state index contributed by atoms with van der Waals surface area (Å²) in [7, 11) is 0. The summed E-state index contributed by atoms with van der Waals surface area (Å²) < 4.78 is 57.3. The highest BCUT2D eigenvalue weighted by Gasteiger charge is 2.34. The van der Waals surface area contributed by atoms with Crippen LogP contribution < -0.4 is 19.9 Å². The molecule has 2 amide bonds. The number of fused-ring (bicyclic) bond motifs is 1. The molecule has 0 spiro atoms. The number of carbonyl (C=O) groups is 1. The molecule has 2 aromatic heterocycles. The van der Waals surface area contributed by atoms with Crippen LogP contribution in [0.15, 0.2) is 42.7 Å². The fraction of sp³-hybridized carbons (Fsp3) is 0.429. The number of halogens is 4. The molecule has 1 saturated heterocycles. The average Bonchev–Trinajstić information content (AvgIpc) is 3.19. The maximum absolute atomic E-state index is 13.6. The number of alkyl halides is 3. The highest BCUT2D eigenvalue weighted by molar-refractivity contribution is 6.33. The highest BCUT2D eigenvalue weighted by atomic mass is 35.5. The van der Waals surface area contributed by atoms with E-state index >= 15 is 0 Å². The van der Waals surface area contributed by atoms with E-state index in [0.29, 0.717) is 38.3 Å². The van der Waals surface area contributed by atoms with Gasteiger partial charge >= 0.3 is 12.2 Å². The van der Waals surface area contributed by atoms with Gasteiger partial charge in [-0.05, 0) is 45.4 Å². The van der Waals surface area contributed by atoms with Gasteiger partial charge in [-0.15, -0.1) is 0 Å². The number of amides is 2. The zero-order valence-electron chi connectivity index (χ0n) is 23.2. The molecule has 4 heterocycles. The van der Waals surface area contributed by atoms with Crippen molar-refractivity contribution in [1.82, 2.24) is 15.0 Å². The second-order valence-corrected chi connectivity index (χ2v) is 10.7. The van der Waals surface area contributed by atoms with Crippen molar-refractivity contribution in [1.29, 1.82) is 0 Å². The number of nitrogens with one attached hydrogen (secondary N) is 1. The van der Waals surface area contributed by atoms with Gasteiger partial charge < -0.3 is 19.1 Å². The molecule has 0 saturated carbocycles. The number of rotatable bonds is 6. The van der Waals surface area contributed by atoms with E-state index in [2.05, 4.69) is 20.3 Å². The van der Waals surface area contributed by atoms with Crippen LogP contribution in [0.3, 0.4) is 0 Å². The molecule has 1 fully saturated rings. The van der Waals surface area contributed by atoms with Crippen molar-refractivity contribution in [2.75, 3.05) is 48.0 Å². The molecule has 0 radical (unpaired) electrons. The number of aromatic nitrogens is 3. The average molecular weight is 607 g/mol. The molecular weight excluding hydrogens is 577 g/mol. The number of hydrogen-bond donors (Lipinski definition) is 1. The van der Waals surface area contributed by atoms with Crippen LogP contribution in [-0.4, -0.2) is 65.7 Å². The van der Waals surface area contributed by atoms with Crippen LogP contribution in [0.4, 0.5) is 35.3 Å². The van der Waals surface area contributed by atoms with Crippen molar-refractivity contribution in [3.63, 3.8) is 0 Å². The van der Waals surface area contributed by atoms with Crippen molar-refractivity contribution in [3.05, 3.63) is 53.3 Å². The topological polar surface area (TPSA) is 102 Å². The summed E-state index contributed by atoms with van der Waals surface area (Å²) in [5.74, 6) is 0.0163. The first kappa shape index (κ1) is 29.8. The Morgan fingerprint density at radius 1 is 1.21 bits per heavy atom. The molecular formula is C28H30ClF3N6O4. The van der Waals surface area contributed by atoms with Crippen molar-refractivity contribution < 1.29 is 32.2 Å². The molecule has 1 N–H and O–H groups in total. The van der Waals surface area contributed by atoms with E-state index in [0.717, 1.165) is 12.1 Å². The quantitative estimate of drug-likeness (QED) is 0.364. The van der Waals surface area contributed by atoms with E-state index < -0.39 is 23.6 Å². The van der Waals surface area contributed by atoms with Gasteiger partial charge in [0.2, 0.25) is 5.88 Å². The predicted octanol–water partition coefficient (Wildman–Crippen LogP) is 6.01. The molecule has 0 bridgehead atoms. The number of urea groups is 1. The minimum absolute atomic E-state index is 0.135. The van der Waals surface area contributed by atoms with E-state index in [-0.39, 0.29) is 46.5 Å². The predicted molar refractivity (Wildman–Crippen MR) is 151 cm³/mol. The van der Waals surface area contributed by atoms with Crippen LogP contribution >= 0.6 is 11.6 Å². The van der Waals surface area contributed by atoms with E-state index in [4.69, 9.17) is 25.8 Å². The summed E-state index contributed by atoms with van der Waals surface area (Å²) in [6.45, 7) is 7.71. The van der Waals surface area contributed by atoms with Gasteiger partial charge in [0.05, 0.1) is 28.6 Å². The standard InChI is InChI=1S/C28H30ClF3N6O4/c1-4-37-9-6-10-38(25-21(37)12-20(29)24(36-25)17-7-5-8-18(11-17)28(30,31)32)26(39)35-22-13-23(34-16-33-22)40-14-19-15-41-27(2,3)42-19/h5,7-8,11-13,16,19H,4,6,9-10,14-15H2,1-3H3,(H,33,34,35,39)/t19-/m1/s1. The van der Waals surface area contributed by atoms with Crippen LogP contribution in [0, 0.1) is 0 Å². The Hall–Kier alpha value is -3.68. The molecule has 2 aliphatic rings. The van der Waals surface area contributed by atoms with E-state index in [1.54, 1.807) is 6.07 Å². The second-order valence-electron chi connectivity index (χ2n) is 10.3. The Bertz CT molecular complexity index is 1460. The normalized spacial score (nSPS) is 18.4. The maximum atomic E-state index is 13.6. The van der Waals surface area contributed by atoms with Crippen molar-refractivity contribution >= 4 is 35.0 Å². The number of hydrogen-bond acceptors (Lipinski definition) is 8. The third-order valence-corrected chi connectivity index (χ3v) is 7.08. The lowest BCUT2D eigenvalue weighted by molar-refractivity contribution is -0.141. The van der Waals surface area contributed by atoms with Gasteiger partial charge in [0.25, 0.3) is 0 Å². The summed E-state index contributed by atoms with van der Waals surface area (Å²) in [5.41, 5.74) is 0.0913. The molecule has 1 atom stereocenters. The third kappa shape index (κ3) is 6.69. The molecule has 14 heteroatoms. The van der Waals surface area contributed by atoms with E-state index in [9.17, 15) is 18.0 Å². The van der Waals surface area contributed by atoms with Gasteiger partial charge in [0.15, 0.2) is 11.6 Å². The molecule has 0 aliphatic carbocycles. The SMILES string of the molecule is CCN1CCCN(C(=O)Nc2cc(OC[C@@H]3COC(C)(C)O3)ncn2)c2nc(-c3cccc(C(F)(F)F)c3)c(Cl)cc21. The van der Waals surface area contributed by atoms with Crippen LogP contribution in [0.2, 0.25) is 5.02 Å². The number of pyridine rings is 1.